The lowest BCUT2D eigenvalue weighted by Gasteiger charge is -2.35. The molecule has 1 atom stereocenters. The molecule has 1 heterocycles. The summed E-state index contributed by atoms with van der Waals surface area (Å²) in [5.74, 6) is 0. The number of piperazine rings is 1. The molecule has 1 N–H and O–H groups in total. The molecule has 3 heteroatoms. The molecule has 0 aromatic heterocycles. The van der Waals surface area contributed by atoms with Gasteiger partial charge in [-0.3, -0.25) is 0 Å². The molecule has 0 radical (unpaired) electrons. The molecule has 0 bridgehead atoms. The number of nitrogens with one attached hydrogen (secondary N) is 1. The Hall–Kier alpha value is -0.900. The highest BCUT2D eigenvalue weighted by Gasteiger charge is 2.17. The number of rotatable bonds is 3. The highest BCUT2D eigenvalue weighted by Crippen LogP contribution is 2.22. The van der Waals surface area contributed by atoms with Crippen LogP contribution in [0.1, 0.15) is 35.2 Å². The van der Waals surface area contributed by atoms with Gasteiger partial charge in [-0.15, -0.1) is 0 Å². The molecule has 1 aliphatic rings. The minimum Gasteiger partial charge on any atom is -0.304 e. The van der Waals surface area contributed by atoms with Crippen molar-refractivity contribution in [3.8, 4) is 0 Å². The lowest BCUT2D eigenvalue weighted by atomic mass is 9.97. The van der Waals surface area contributed by atoms with E-state index in [1.807, 2.05) is 0 Å². The maximum absolute atomic E-state index is 3.65. The fourth-order valence-corrected chi connectivity index (χ4v) is 2.73. The van der Waals surface area contributed by atoms with Gasteiger partial charge >= 0.3 is 0 Å². The predicted octanol–water partition coefficient (Wildman–Crippen LogP) is 2.42. The van der Waals surface area contributed by atoms with Crippen molar-refractivity contribution in [2.24, 2.45) is 0 Å². The molecular weight excluding hydrogens is 234 g/mol. The summed E-state index contributed by atoms with van der Waals surface area (Å²) < 4.78 is 0. The zero-order chi connectivity index (χ0) is 14.0. The largest absolute Gasteiger partial charge is 0.304 e. The molecule has 1 aromatic rings. The Morgan fingerprint density at radius 2 is 1.53 bits per heavy atom. The summed E-state index contributed by atoms with van der Waals surface area (Å²) in [6, 6.07) is 5.01. The van der Waals surface area contributed by atoms with Gasteiger partial charge in [0.2, 0.25) is 0 Å². The van der Waals surface area contributed by atoms with E-state index >= 15 is 0 Å². The number of hydrazine groups is 1. The summed E-state index contributed by atoms with van der Waals surface area (Å²) in [5.41, 5.74) is 9.22. The normalized spacial score (nSPS) is 19.6. The van der Waals surface area contributed by atoms with Gasteiger partial charge in [-0.1, -0.05) is 12.1 Å². The Labute approximate surface area is 117 Å². The first-order chi connectivity index (χ1) is 8.97. The van der Waals surface area contributed by atoms with Crippen LogP contribution >= 0.6 is 0 Å². The number of aryl methyl sites for hydroxylation is 3. The van der Waals surface area contributed by atoms with E-state index in [2.05, 4.69) is 62.2 Å². The van der Waals surface area contributed by atoms with Gasteiger partial charge < -0.3 is 4.90 Å². The molecule has 1 fully saturated rings. The van der Waals surface area contributed by atoms with Crippen molar-refractivity contribution in [1.82, 2.24) is 15.3 Å². The van der Waals surface area contributed by atoms with Gasteiger partial charge in [0, 0.05) is 32.2 Å². The molecule has 0 spiro atoms. The SMILES string of the molecule is Cc1cc(C)c(C(C)NN2CCN(C)CC2)cc1C. The van der Waals surface area contributed by atoms with Crippen LogP contribution in [0.15, 0.2) is 12.1 Å². The molecule has 1 unspecified atom stereocenters. The van der Waals surface area contributed by atoms with Gasteiger partial charge in [-0.05, 0) is 57.0 Å². The Balaban J connectivity index is 2.03. The van der Waals surface area contributed by atoms with Crippen LogP contribution in [0.2, 0.25) is 0 Å². The average molecular weight is 261 g/mol. The fraction of sp³-hybridized carbons (Fsp3) is 0.625. The van der Waals surface area contributed by atoms with E-state index < -0.39 is 0 Å². The van der Waals surface area contributed by atoms with E-state index in [1.165, 1.54) is 22.3 Å². The molecule has 3 nitrogen and oxygen atoms in total. The van der Waals surface area contributed by atoms with Crippen LogP contribution in [0.25, 0.3) is 0 Å². The third-order valence-corrected chi connectivity index (χ3v) is 4.23. The van der Waals surface area contributed by atoms with Crippen molar-refractivity contribution in [2.45, 2.75) is 33.7 Å². The topological polar surface area (TPSA) is 18.5 Å². The number of hydrogen-bond acceptors (Lipinski definition) is 3. The minimum absolute atomic E-state index is 0.378. The minimum atomic E-state index is 0.378. The predicted molar refractivity (Wildman–Crippen MR) is 81.3 cm³/mol. The van der Waals surface area contributed by atoms with E-state index in [0.717, 1.165) is 26.2 Å². The maximum Gasteiger partial charge on any atom is 0.0439 e. The zero-order valence-electron chi connectivity index (χ0n) is 13.0. The second kappa shape index (κ2) is 6.04. The number of likely N-dealkylation sites (N-methyl/N-ethyl adjacent to an activating group) is 1. The Morgan fingerprint density at radius 3 is 2.16 bits per heavy atom. The van der Waals surface area contributed by atoms with Gasteiger partial charge in [0.1, 0.15) is 0 Å². The lowest BCUT2D eigenvalue weighted by Crippen LogP contribution is -2.51. The average Bonchev–Trinajstić information content (AvgIpc) is 2.36. The van der Waals surface area contributed by atoms with Crippen molar-refractivity contribution in [3.63, 3.8) is 0 Å². The Morgan fingerprint density at radius 1 is 0.947 bits per heavy atom. The van der Waals surface area contributed by atoms with Gasteiger partial charge in [0.15, 0.2) is 0 Å². The summed E-state index contributed by atoms with van der Waals surface area (Å²) in [6.07, 6.45) is 0. The first kappa shape index (κ1) is 14.5. The van der Waals surface area contributed by atoms with Crippen molar-refractivity contribution < 1.29 is 0 Å². The van der Waals surface area contributed by atoms with Crippen LogP contribution < -0.4 is 5.43 Å². The standard InChI is InChI=1S/C16H27N3/c1-12-10-14(3)16(11-13(12)2)15(4)17-19-8-6-18(5)7-9-19/h10-11,15,17H,6-9H2,1-5H3. The molecule has 1 saturated heterocycles. The molecule has 0 amide bonds. The molecule has 1 aromatic carbocycles. The van der Waals surface area contributed by atoms with Gasteiger partial charge in [-0.2, -0.15) is 0 Å². The first-order valence-corrected chi connectivity index (χ1v) is 7.25. The monoisotopic (exact) mass is 261 g/mol. The first-order valence-electron chi connectivity index (χ1n) is 7.25. The summed E-state index contributed by atoms with van der Waals surface area (Å²) in [5, 5.41) is 2.36. The van der Waals surface area contributed by atoms with Crippen molar-refractivity contribution >= 4 is 0 Å². The number of nitrogens with zero attached hydrogens (tertiary/aromatic N) is 2. The number of hydrogen-bond donors (Lipinski definition) is 1. The Kier molecular flexibility index (Phi) is 4.61. The smallest absolute Gasteiger partial charge is 0.0439 e. The summed E-state index contributed by atoms with van der Waals surface area (Å²) in [4.78, 5) is 2.38. The zero-order valence-corrected chi connectivity index (χ0v) is 13.0. The molecule has 0 saturated carbocycles. The quantitative estimate of drug-likeness (QED) is 0.901. The van der Waals surface area contributed by atoms with Crippen molar-refractivity contribution in [2.75, 3.05) is 33.2 Å². The van der Waals surface area contributed by atoms with E-state index in [0.29, 0.717) is 6.04 Å². The molecule has 106 valence electrons. The third kappa shape index (κ3) is 3.56. The summed E-state index contributed by atoms with van der Waals surface area (Å²) >= 11 is 0. The van der Waals surface area contributed by atoms with Gasteiger partial charge in [0.05, 0.1) is 0 Å². The second-order valence-electron chi connectivity index (χ2n) is 5.93. The van der Waals surface area contributed by atoms with Crippen molar-refractivity contribution in [1.29, 1.82) is 0 Å². The van der Waals surface area contributed by atoms with E-state index in [1.54, 1.807) is 0 Å². The fourth-order valence-electron chi connectivity index (χ4n) is 2.73. The van der Waals surface area contributed by atoms with E-state index in [9.17, 15) is 0 Å². The summed E-state index contributed by atoms with van der Waals surface area (Å²) in [7, 11) is 2.19. The van der Waals surface area contributed by atoms with Gasteiger partial charge in [0.25, 0.3) is 0 Å². The summed E-state index contributed by atoms with van der Waals surface area (Å²) in [6.45, 7) is 13.3. The van der Waals surface area contributed by atoms with Crippen LogP contribution in [0.5, 0.6) is 0 Å². The van der Waals surface area contributed by atoms with Crippen LogP contribution in [-0.4, -0.2) is 43.1 Å². The maximum atomic E-state index is 3.65. The van der Waals surface area contributed by atoms with Gasteiger partial charge in [-0.25, -0.2) is 10.4 Å². The second-order valence-corrected chi connectivity index (χ2v) is 5.93. The Bertz CT molecular complexity index is 434. The molecule has 19 heavy (non-hydrogen) atoms. The van der Waals surface area contributed by atoms with E-state index in [4.69, 9.17) is 0 Å². The van der Waals surface area contributed by atoms with Crippen LogP contribution in [-0.2, 0) is 0 Å². The van der Waals surface area contributed by atoms with Crippen LogP contribution in [0.4, 0.5) is 0 Å². The third-order valence-electron chi connectivity index (χ3n) is 4.23. The highest BCUT2D eigenvalue weighted by molar-refractivity contribution is 5.37. The molecule has 0 aliphatic carbocycles. The van der Waals surface area contributed by atoms with E-state index in [-0.39, 0.29) is 0 Å². The molecular formula is C16H27N3. The number of benzene rings is 1. The molecule has 2 rings (SSSR count). The van der Waals surface area contributed by atoms with Crippen LogP contribution in [0.3, 0.4) is 0 Å². The lowest BCUT2D eigenvalue weighted by molar-refractivity contribution is 0.0898. The highest BCUT2D eigenvalue weighted by atomic mass is 15.5. The van der Waals surface area contributed by atoms with Crippen LogP contribution in [0, 0.1) is 20.8 Å². The molecule has 1 aliphatic heterocycles. The van der Waals surface area contributed by atoms with Crippen molar-refractivity contribution in [3.05, 3.63) is 34.4 Å².